The number of carbonyl (C=O) groups excluding carboxylic acids is 1. The minimum Gasteiger partial charge on any atom is -0.312 e. The van der Waals surface area contributed by atoms with Crippen LogP contribution in [0.25, 0.3) is 10.2 Å². The first-order valence-electron chi connectivity index (χ1n) is 10.7. The fourth-order valence-corrected chi connectivity index (χ4v) is 6.53. The van der Waals surface area contributed by atoms with Gasteiger partial charge in [-0.05, 0) is 54.6 Å². The fraction of sp³-hybridized carbons (Fsp3) is 0.120. The van der Waals surface area contributed by atoms with Crippen molar-refractivity contribution in [1.29, 1.82) is 0 Å². The maximum absolute atomic E-state index is 13.0. The normalized spacial score (nSPS) is 12.6. The smallest absolute Gasteiger partial charge is 0.279 e. The highest BCUT2D eigenvalue weighted by Crippen LogP contribution is 2.23. The van der Waals surface area contributed by atoms with Gasteiger partial charge >= 0.3 is 0 Å². The van der Waals surface area contributed by atoms with E-state index in [-0.39, 0.29) is 15.4 Å². The summed E-state index contributed by atoms with van der Waals surface area (Å²) in [7, 11) is -5.73. The van der Waals surface area contributed by atoms with E-state index in [0.717, 1.165) is 11.8 Å². The van der Waals surface area contributed by atoms with Gasteiger partial charge in [-0.1, -0.05) is 35.6 Å². The molecule has 0 aliphatic rings. The predicted molar refractivity (Wildman–Crippen MR) is 141 cm³/mol. The van der Waals surface area contributed by atoms with Crippen molar-refractivity contribution < 1.29 is 21.6 Å². The number of thiazole rings is 1. The summed E-state index contributed by atoms with van der Waals surface area (Å²) in [5.41, 5.74) is 1.46. The molecule has 0 N–H and O–H groups in total. The summed E-state index contributed by atoms with van der Waals surface area (Å²) in [6, 6.07) is 19.0. The molecule has 0 aliphatic heterocycles. The van der Waals surface area contributed by atoms with Crippen molar-refractivity contribution in [2.45, 2.75) is 16.3 Å². The Morgan fingerprint density at radius 3 is 2.25 bits per heavy atom. The van der Waals surface area contributed by atoms with E-state index in [2.05, 4.69) is 11.6 Å². The van der Waals surface area contributed by atoms with Gasteiger partial charge in [0, 0.05) is 25.4 Å². The molecular weight excluding hydrogens is 518 g/mol. The number of anilines is 1. The Balaban J connectivity index is 1.69. The largest absolute Gasteiger partial charge is 0.312 e. The number of nitrogens with zero attached hydrogens (tertiary/aromatic N) is 3. The third-order valence-electron chi connectivity index (χ3n) is 5.47. The molecule has 36 heavy (non-hydrogen) atoms. The molecule has 0 aliphatic carbocycles. The van der Waals surface area contributed by atoms with Crippen molar-refractivity contribution in [2.75, 3.05) is 17.6 Å². The lowest BCUT2D eigenvalue weighted by molar-refractivity contribution is 0.0997. The summed E-state index contributed by atoms with van der Waals surface area (Å²) in [6.45, 7) is 4.12. The molecule has 186 valence electrons. The summed E-state index contributed by atoms with van der Waals surface area (Å²) in [6.07, 6.45) is 2.79. The highest BCUT2D eigenvalue weighted by Gasteiger charge is 2.21. The van der Waals surface area contributed by atoms with Crippen LogP contribution in [0, 0.1) is 0 Å². The van der Waals surface area contributed by atoms with E-state index in [1.165, 1.54) is 53.0 Å². The van der Waals surface area contributed by atoms with Crippen molar-refractivity contribution in [1.82, 2.24) is 4.57 Å². The zero-order valence-electron chi connectivity index (χ0n) is 19.5. The second-order valence-corrected chi connectivity index (χ2v) is 12.9. The lowest BCUT2D eigenvalue weighted by Gasteiger charge is -2.19. The van der Waals surface area contributed by atoms with E-state index < -0.39 is 25.8 Å². The number of hydrogen-bond acceptors (Lipinski definition) is 6. The number of allylic oxidation sites excluding steroid dienone is 1. The lowest BCUT2D eigenvalue weighted by atomic mass is 10.2. The highest BCUT2D eigenvalue weighted by molar-refractivity contribution is 7.92. The van der Waals surface area contributed by atoms with Gasteiger partial charge in [-0.2, -0.15) is 4.99 Å². The average Bonchev–Trinajstić information content (AvgIpc) is 3.20. The molecule has 0 spiro atoms. The summed E-state index contributed by atoms with van der Waals surface area (Å²) >= 11 is 1.19. The number of carbonyl (C=O) groups is 1. The topological polar surface area (TPSA) is 106 Å². The third-order valence-corrected chi connectivity index (χ3v) is 9.42. The molecule has 0 unspecified atom stereocenters. The molecule has 0 saturated heterocycles. The molecule has 0 fully saturated rings. The minimum atomic E-state index is -3.81. The minimum absolute atomic E-state index is 0.0438. The van der Waals surface area contributed by atoms with Crippen LogP contribution >= 0.6 is 11.3 Å². The number of fused-ring (bicyclic) bond motifs is 1. The Hall–Kier alpha value is -3.54. The Bertz CT molecular complexity index is 1740. The van der Waals surface area contributed by atoms with Gasteiger partial charge in [0.25, 0.3) is 15.9 Å². The number of benzene rings is 3. The van der Waals surface area contributed by atoms with Crippen LogP contribution in [0.5, 0.6) is 0 Å². The maximum Gasteiger partial charge on any atom is 0.279 e. The first kappa shape index (κ1) is 25.5. The number of sulfone groups is 1. The van der Waals surface area contributed by atoms with Crippen LogP contribution in [0.15, 0.2) is 100 Å². The Morgan fingerprint density at radius 1 is 1.00 bits per heavy atom. The zero-order chi connectivity index (χ0) is 26.1. The molecule has 11 heteroatoms. The molecular formula is C25H23N3O5S3. The molecule has 8 nitrogen and oxygen atoms in total. The Kier molecular flexibility index (Phi) is 6.98. The summed E-state index contributed by atoms with van der Waals surface area (Å²) in [5, 5.41) is 0. The number of rotatable bonds is 7. The van der Waals surface area contributed by atoms with Crippen molar-refractivity contribution in [3.05, 3.63) is 95.8 Å². The van der Waals surface area contributed by atoms with Crippen LogP contribution in [0.1, 0.15) is 10.4 Å². The second kappa shape index (κ2) is 9.84. The van der Waals surface area contributed by atoms with Gasteiger partial charge in [0.15, 0.2) is 14.6 Å². The standard InChI is InChI=1S/C25H23N3O5S3/c1-4-16-28-22-15-14-21(35(3,30)31)17-23(22)34-25(28)26-24(29)18-10-12-20(13-11-18)36(32,33)27(2)19-8-6-5-7-9-19/h4-15,17H,1,16H2,2-3H3. The van der Waals surface area contributed by atoms with Crippen molar-refractivity contribution in [2.24, 2.45) is 4.99 Å². The van der Waals surface area contributed by atoms with Crippen LogP contribution in [-0.4, -0.2) is 40.6 Å². The molecule has 0 atom stereocenters. The third kappa shape index (κ3) is 5.03. The fourth-order valence-electron chi connectivity index (χ4n) is 3.53. The van der Waals surface area contributed by atoms with Gasteiger partial charge in [-0.25, -0.2) is 16.8 Å². The first-order valence-corrected chi connectivity index (χ1v) is 14.8. The molecule has 0 bridgehead atoms. The Morgan fingerprint density at radius 2 is 1.64 bits per heavy atom. The van der Waals surface area contributed by atoms with E-state index in [4.69, 9.17) is 0 Å². The van der Waals surface area contributed by atoms with E-state index in [1.807, 2.05) is 0 Å². The van der Waals surface area contributed by atoms with Gasteiger partial charge in [-0.15, -0.1) is 6.58 Å². The van der Waals surface area contributed by atoms with Gasteiger partial charge in [-0.3, -0.25) is 9.10 Å². The van der Waals surface area contributed by atoms with E-state index >= 15 is 0 Å². The highest BCUT2D eigenvalue weighted by atomic mass is 32.2. The number of sulfonamides is 1. The quantitative estimate of drug-likeness (QED) is 0.331. The predicted octanol–water partition coefficient (Wildman–Crippen LogP) is 3.86. The van der Waals surface area contributed by atoms with Crippen molar-refractivity contribution in [3.63, 3.8) is 0 Å². The SMILES string of the molecule is C=CCn1c(=NC(=O)c2ccc(S(=O)(=O)N(C)c3ccccc3)cc2)sc2cc(S(C)(=O)=O)ccc21. The van der Waals surface area contributed by atoms with Crippen LogP contribution < -0.4 is 9.11 Å². The van der Waals surface area contributed by atoms with Crippen molar-refractivity contribution >= 4 is 53.0 Å². The maximum atomic E-state index is 13.0. The average molecular weight is 542 g/mol. The van der Waals surface area contributed by atoms with Crippen LogP contribution in [0.3, 0.4) is 0 Å². The molecule has 4 aromatic rings. The monoisotopic (exact) mass is 541 g/mol. The number of aromatic nitrogens is 1. The molecule has 0 saturated carbocycles. The first-order chi connectivity index (χ1) is 17.0. The van der Waals surface area contributed by atoms with Crippen LogP contribution in [-0.2, 0) is 26.4 Å². The Labute approximate surface area is 213 Å². The molecule has 3 aromatic carbocycles. The molecule has 0 radical (unpaired) electrons. The van der Waals surface area contributed by atoms with E-state index in [0.29, 0.717) is 21.7 Å². The van der Waals surface area contributed by atoms with E-state index in [1.54, 1.807) is 53.1 Å². The number of hydrogen-bond donors (Lipinski definition) is 0. The van der Waals surface area contributed by atoms with Crippen LogP contribution in [0.2, 0.25) is 0 Å². The van der Waals surface area contributed by atoms with Gasteiger partial charge in [0.1, 0.15) is 0 Å². The van der Waals surface area contributed by atoms with Crippen molar-refractivity contribution in [3.8, 4) is 0 Å². The summed E-state index contributed by atoms with van der Waals surface area (Å²) < 4.78 is 53.4. The van der Waals surface area contributed by atoms with E-state index in [9.17, 15) is 21.6 Å². The summed E-state index contributed by atoms with van der Waals surface area (Å²) in [5.74, 6) is -0.553. The molecule has 1 heterocycles. The molecule has 1 amide bonds. The lowest BCUT2D eigenvalue weighted by Crippen LogP contribution is -2.26. The van der Waals surface area contributed by atoms with Gasteiger partial charge < -0.3 is 4.57 Å². The number of amides is 1. The number of para-hydroxylation sites is 1. The zero-order valence-corrected chi connectivity index (χ0v) is 22.0. The molecule has 4 rings (SSSR count). The van der Waals surface area contributed by atoms with Gasteiger partial charge in [0.2, 0.25) is 0 Å². The molecule has 1 aromatic heterocycles. The van der Waals surface area contributed by atoms with Crippen LogP contribution in [0.4, 0.5) is 5.69 Å². The second-order valence-electron chi connectivity index (χ2n) is 7.94. The van der Waals surface area contributed by atoms with Gasteiger partial charge in [0.05, 0.1) is 25.7 Å². The summed E-state index contributed by atoms with van der Waals surface area (Å²) in [4.78, 5) is 17.8.